The van der Waals surface area contributed by atoms with E-state index in [1.807, 2.05) is 0 Å². The molecule has 0 aromatic carbocycles. The SMILES string of the molecule is CC1(C)CCCC(C)(C)N1CCOC(=O)/C=C\C(=O)O. The first-order valence-electron chi connectivity index (χ1n) is 7.01. The van der Waals surface area contributed by atoms with Gasteiger partial charge >= 0.3 is 11.9 Å². The molecule has 1 N–H and O–H groups in total. The second-order valence-corrected chi connectivity index (χ2v) is 6.47. The largest absolute Gasteiger partial charge is 0.478 e. The number of hydrogen-bond acceptors (Lipinski definition) is 4. The number of nitrogens with zero attached hydrogens (tertiary/aromatic N) is 1. The van der Waals surface area contributed by atoms with Crippen LogP contribution in [0.25, 0.3) is 0 Å². The third-order valence-corrected chi connectivity index (χ3v) is 3.96. The molecule has 114 valence electrons. The predicted molar refractivity (Wildman–Crippen MR) is 76.4 cm³/mol. The number of aliphatic carboxylic acids is 1. The Balaban J connectivity index is 2.50. The average Bonchev–Trinajstić information content (AvgIpc) is 2.29. The molecule has 1 aliphatic rings. The summed E-state index contributed by atoms with van der Waals surface area (Å²) in [6.45, 7) is 9.77. The number of likely N-dealkylation sites (tertiary alicyclic amines) is 1. The van der Waals surface area contributed by atoms with Gasteiger partial charge in [0.1, 0.15) is 6.61 Å². The van der Waals surface area contributed by atoms with Gasteiger partial charge in [-0.25, -0.2) is 9.59 Å². The van der Waals surface area contributed by atoms with Crippen LogP contribution in [0.4, 0.5) is 0 Å². The normalized spacial score (nSPS) is 21.8. The van der Waals surface area contributed by atoms with Gasteiger partial charge in [0.05, 0.1) is 0 Å². The van der Waals surface area contributed by atoms with Crippen LogP contribution in [0.15, 0.2) is 12.2 Å². The molecule has 1 rings (SSSR count). The molecule has 0 saturated carbocycles. The maximum Gasteiger partial charge on any atom is 0.331 e. The number of carboxylic acid groups (broad SMARTS) is 1. The minimum absolute atomic E-state index is 0.0884. The quantitative estimate of drug-likeness (QED) is 0.619. The van der Waals surface area contributed by atoms with Gasteiger partial charge in [0.15, 0.2) is 0 Å². The number of rotatable bonds is 5. The first kappa shape index (κ1) is 16.7. The first-order chi connectivity index (χ1) is 9.15. The fourth-order valence-electron chi connectivity index (χ4n) is 3.07. The predicted octanol–water partition coefficient (Wildman–Crippen LogP) is 2.21. The molecule has 0 bridgehead atoms. The van der Waals surface area contributed by atoms with Crippen molar-refractivity contribution < 1.29 is 19.4 Å². The van der Waals surface area contributed by atoms with Gasteiger partial charge in [-0.2, -0.15) is 0 Å². The molecule has 0 aliphatic carbocycles. The van der Waals surface area contributed by atoms with Crippen molar-refractivity contribution in [2.45, 2.75) is 58.0 Å². The number of esters is 1. The summed E-state index contributed by atoms with van der Waals surface area (Å²) in [4.78, 5) is 24.0. The summed E-state index contributed by atoms with van der Waals surface area (Å²) in [6, 6.07) is 0. The minimum Gasteiger partial charge on any atom is -0.478 e. The van der Waals surface area contributed by atoms with E-state index in [0.29, 0.717) is 6.54 Å². The van der Waals surface area contributed by atoms with Crippen LogP contribution in [0.5, 0.6) is 0 Å². The Morgan fingerprint density at radius 3 is 2.20 bits per heavy atom. The summed E-state index contributed by atoms with van der Waals surface area (Å²) >= 11 is 0. The van der Waals surface area contributed by atoms with Crippen molar-refractivity contribution in [3.63, 3.8) is 0 Å². The molecule has 0 spiro atoms. The summed E-state index contributed by atoms with van der Waals surface area (Å²) in [5.74, 6) is -1.76. The summed E-state index contributed by atoms with van der Waals surface area (Å²) in [6.07, 6.45) is 5.19. The summed E-state index contributed by atoms with van der Waals surface area (Å²) < 4.78 is 5.05. The van der Waals surface area contributed by atoms with Crippen molar-refractivity contribution in [3.8, 4) is 0 Å². The minimum atomic E-state index is -1.15. The van der Waals surface area contributed by atoms with Crippen LogP contribution in [0.2, 0.25) is 0 Å². The molecule has 1 fully saturated rings. The molecular weight excluding hydrogens is 258 g/mol. The lowest BCUT2D eigenvalue weighted by Gasteiger charge is -2.52. The Kier molecular flexibility index (Phi) is 5.34. The lowest BCUT2D eigenvalue weighted by Crippen LogP contribution is -2.59. The topological polar surface area (TPSA) is 66.8 Å². The first-order valence-corrected chi connectivity index (χ1v) is 7.01. The van der Waals surface area contributed by atoms with Gasteiger partial charge < -0.3 is 9.84 Å². The molecule has 0 atom stereocenters. The van der Waals surface area contributed by atoms with Gasteiger partial charge in [0, 0.05) is 29.8 Å². The van der Waals surface area contributed by atoms with Crippen molar-refractivity contribution in [1.82, 2.24) is 4.90 Å². The Bertz CT molecular complexity index is 383. The zero-order chi connectivity index (χ0) is 15.4. The highest BCUT2D eigenvalue weighted by Crippen LogP contribution is 2.37. The van der Waals surface area contributed by atoms with Gasteiger partial charge in [-0.3, -0.25) is 4.90 Å². The van der Waals surface area contributed by atoms with Crippen molar-refractivity contribution >= 4 is 11.9 Å². The van der Waals surface area contributed by atoms with Crippen molar-refractivity contribution in [2.75, 3.05) is 13.2 Å². The van der Waals surface area contributed by atoms with E-state index in [-0.39, 0.29) is 17.7 Å². The van der Waals surface area contributed by atoms with Crippen LogP contribution in [0.1, 0.15) is 47.0 Å². The van der Waals surface area contributed by atoms with Crippen LogP contribution >= 0.6 is 0 Å². The number of carbonyl (C=O) groups is 2. The Hall–Kier alpha value is -1.36. The zero-order valence-electron chi connectivity index (χ0n) is 12.8. The molecule has 1 saturated heterocycles. The van der Waals surface area contributed by atoms with Crippen LogP contribution in [-0.2, 0) is 14.3 Å². The molecule has 0 aromatic heterocycles. The molecular formula is C15H25NO4. The molecule has 5 nitrogen and oxygen atoms in total. The molecule has 0 aromatic rings. The number of carboxylic acids is 1. The lowest BCUT2D eigenvalue weighted by molar-refractivity contribution is -0.140. The van der Waals surface area contributed by atoms with E-state index in [4.69, 9.17) is 9.84 Å². The number of hydrogen-bond donors (Lipinski definition) is 1. The number of piperidine rings is 1. The molecule has 0 amide bonds. The van der Waals surface area contributed by atoms with Crippen LogP contribution in [0, 0.1) is 0 Å². The lowest BCUT2D eigenvalue weighted by atomic mass is 9.80. The van der Waals surface area contributed by atoms with E-state index in [0.717, 1.165) is 25.0 Å². The third kappa shape index (κ3) is 4.63. The highest BCUT2D eigenvalue weighted by atomic mass is 16.5. The highest BCUT2D eigenvalue weighted by molar-refractivity contribution is 5.90. The van der Waals surface area contributed by atoms with Crippen LogP contribution in [-0.4, -0.2) is 46.2 Å². The van der Waals surface area contributed by atoms with E-state index < -0.39 is 11.9 Å². The second-order valence-electron chi connectivity index (χ2n) is 6.47. The van der Waals surface area contributed by atoms with E-state index in [9.17, 15) is 9.59 Å². The fraction of sp³-hybridized carbons (Fsp3) is 0.733. The number of ether oxygens (including phenoxy) is 1. The highest BCUT2D eigenvalue weighted by Gasteiger charge is 2.40. The summed E-state index contributed by atoms with van der Waals surface area (Å²) in [7, 11) is 0. The van der Waals surface area contributed by atoms with E-state index in [1.165, 1.54) is 6.42 Å². The molecule has 0 radical (unpaired) electrons. The van der Waals surface area contributed by atoms with Gasteiger partial charge in [-0.05, 0) is 47.0 Å². The van der Waals surface area contributed by atoms with Gasteiger partial charge in [-0.1, -0.05) is 0 Å². The van der Waals surface area contributed by atoms with Crippen molar-refractivity contribution in [1.29, 1.82) is 0 Å². The van der Waals surface area contributed by atoms with Gasteiger partial charge in [0.2, 0.25) is 0 Å². The van der Waals surface area contributed by atoms with Gasteiger partial charge in [-0.15, -0.1) is 0 Å². The molecule has 0 unspecified atom stereocenters. The summed E-state index contributed by atoms with van der Waals surface area (Å²) in [5.41, 5.74) is 0.177. The maximum absolute atomic E-state index is 11.3. The standard InChI is InChI=1S/C15H25NO4/c1-14(2)8-5-9-15(3,4)16(14)10-11-20-13(19)7-6-12(17)18/h6-7H,5,8-11H2,1-4H3,(H,17,18)/b7-6-. The van der Waals surface area contributed by atoms with Crippen molar-refractivity contribution in [3.05, 3.63) is 12.2 Å². The number of carbonyl (C=O) groups excluding carboxylic acids is 1. The molecule has 20 heavy (non-hydrogen) atoms. The van der Waals surface area contributed by atoms with Gasteiger partial charge in [0.25, 0.3) is 0 Å². The van der Waals surface area contributed by atoms with E-state index in [2.05, 4.69) is 32.6 Å². The Morgan fingerprint density at radius 2 is 1.70 bits per heavy atom. The van der Waals surface area contributed by atoms with E-state index >= 15 is 0 Å². The maximum atomic E-state index is 11.3. The van der Waals surface area contributed by atoms with Crippen LogP contribution in [0.3, 0.4) is 0 Å². The fourth-order valence-corrected chi connectivity index (χ4v) is 3.07. The monoisotopic (exact) mass is 283 g/mol. The van der Waals surface area contributed by atoms with E-state index in [1.54, 1.807) is 0 Å². The summed E-state index contributed by atoms with van der Waals surface area (Å²) in [5, 5.41) is 8.43. The third-order valence-electron chi connectivity index (χ3n) is 3.96. The van der Waals surface area contributed by atoms with Crippen molar-refractivity contribution in [2.24, 2.45) is 0 Å². The molecule has 1 heterocycles. The van der Waals surface area contributed by atoms with Crippen LogP contribution < -0.4 is 0 Å². The molecule has 1 aliphatic heterocycles. The smallest absolute Gasteiger partial charge is 0.331 e. The Morgan fingerprint density at radius 1 is 1.15 bits per heavy atom. The Labute approximate surface area is 120 Å². The average molecular weight is 283 g/mol. The molecule has 5 heteroatoms. The zero-order valence-corrected chi connectivity index (χ0v) is 12.8. The second kappa shape index (κ2) is 6.39.